The van der Waals surface area contributed by atoms with E-state index in [4.69, 9.17) is 15.0 Å². The van der Waals surface area contributed by atoms with Gasteiger partial charge in [0.1, 0.15) is 0 Å². The molecule has 0 atom stereocenters. The van der Waals surface area contributed by atoms with Crippen molar-refractivity contribution < 1.29 is 15.0 Å². The number of aliphatic hydroxyl groups is 1. The van der Waals surface area contributed by atoms with Gasteiger partial charge in [0.2, 0.25) is 0 Å². The van der Waals surface area contributed by atoms with Crippen LogP contribution in [-0.4, -0.2) is 16.2 Å². The quantitative estimate of drug-likeness (QED) is 0.279. The number of aliphatic carboxylic acids is 1. The van der Waals surface area contributed by atoms with Crippen molar-refractivity contribution in [1.82, 2.24) is 0 Å². The summed E-state index contributed by atoms with van der Waals surface area (Å²) in [5.41, 5.74) is 0. The van der Waals surface area contributed by atoms with Gasteiger partial charge in [-0.05, 0) is 12.8 Å². The molecule has 2 N–H and O–H groups in total. The minimum Gasteiger partial charge on any atom is -0.516 e. The fraction of sp³-hybridized carbons (Fsp3) is 0.842. The van der Waals surface area contributed by atoms with E-state index in [0.29, 0.717) is 0 Å². The predicted octanol–water partition coefficient (Wildman–Crippen LogP) is 6.63. The molecule has 0 unspecified atom stereocenters. The first-order valence-corrected chi connectivity index (χ1v) is 9.13. The number of carboxylic acids is 1. The summed E-state index contributed by atoms with van der Waals surface area (Å²) >= 11 is 0. The SMILES string of the molecule is CC(=O)O.CCCCCCCCCCCCCCCC=CO. The summed E-state index contributed by atoms with van der Waals surface area (Å²) in [5.74, 6) is -0.833. The first-order valence-electron chi connectivity index (χ1n) is 9.13. The molecule has 0 bridgehead atoms. The standard InChI is InChI=1S/C17H34O.C2H4O2/c1-2-3-4-5-6-7-8-9-10-11-12-13-14-15-16-17-18;1-2(3)4/h16-18H,2-15H2,1H3;1H3,(H,3,4). The average Bonchev–Trinajstić information content (AvgIpc) is 2.47. The van der Waals surface area contributed by atoms with E-state index in [0.717, 1.165) is 13.3 Å². The lowest BCUT2D eigenvalue weighted by Gasteiger charge is -2.02. The molecule has 0 aromatic carbocycles. The van der Waals surface area contributed by atoms with Gasteiger partial charge in [-0.3, -0.25) is 4.79 Å². The maximum absolute atomic E-state index is 9.00. The van der Waals surface area contributed by atoms with Crippen LogP contribution in [0.3, 0.4) is 0 Å². The highest BCUT2D eigenvalue weighted by molar-refractivity contribution is 5.62. The van der Waals surface area contributed by atoms with E-state index < -0.39 is 5.97 Å². The smallest absolute Gasteiger partial charge is 0.300 e. The Morgan fingerprint density at radius 1 is 0.773 bits per heavy atom. The fourth-order valence-corrected chi connectivity index (χ4v) is 2.35. The van der Waals surface area contributed by atoms with Crippen LogP contribution < -0.4 is 0 Å². The van der Waals surface area contributed by atoms with Crippen LogP contribution in [0.2, 0.25) is 0 Å². The zero-order valence-electron chi connectivity index (χ0n) is 14.9. The Balaban J connectivity index is 0. The minimum absolute atomic E-state index is 0.833. The van der Waals surface area contributed by atoms with E-state index in [1.807, 2.05) is 6.08 Å². The van der Waals surface area contributed by atoms with Gasteiger partial charge in [0.05, 0.1) is 6.26 Å². The lowest BCUT2D eigenvalue weighted by Crippen LogP contribution is -1.82. The highest BCUT2D eigenvalue weighted by Gasteiger charge is 1.93. The number of unbranched alkanes of at least 4 members (excludes halogenated alkanes) is 13. The van der Waals surface area contributed by atoms with Crippen molar-refractivity contribution in [2.75, 3.05) is 0 Å². The third-order valence-electron chi connectivity index (χ3n) is 3.58. The van der Waals surface area contributed by atoms with E-state index in [1.165, 1.54) is 89.7 Å². The van der Waals surface area contributed by atoms with Crippen LogP contribution in [0.15, 0.2) is 12.3 Å². The van der Waals surface area contributed by atoms with Crippen molar-refractivity contribution in [3.05, 3.63) is 12.3 Å². The van der Waals surface area contributed by atoms with Gasteiger partial charge >= 0.3 is 0 Å². The van der Waals surface area contributed by atoms with Gasteiger partial charge < -0.3 is 10.2 Å². The number of rotatable bonds is 14. The van der Waals surface area contributed by atoms with Crippen LogP contribution >= 0.6 is 0 Å². The number of hydrogen-bond acceptors (Lipinski definition) is 2. The topological polar surface area (TPSA) is 57.5 Å². The summed E-state index contributed by atoms with van der Waals surface area (Å²) in [7, 11) is 0. The summed E-state index contributed by atoms with van der Waals surface area (Å²) in [5, 5.41) is 15.9. The minimum atomic E-state index is -0.833. The van der Waals surface area contributed by atoms with Gasteiger partial charge in [0.15, 0.2) is 0 Å². The molecule has 0 aliphatic heterocycles. The molecule has 0 aromatic rings. The first kappa shape index (κ1) is 23.3. The third-order valence-corrected chi connectivity index (χ3v) is 3.58. The molecule has 0 saturated carbocycles. The van der Waals surface area contributed by atoms with Crippen molar-refractivity contribution in [2.45, 2.75) is 104 Å². The summed E-state index contributed by atoms with van der Waals surface area (Å²) in [6.07, 6.45) is 22.2. The first-order chi connectivity index (χ1) is 10.6. The van der Waals surface area contributed by atoms with Gasteiger partial charge in [-0.25, -0.2) is 0 Å². The van der Waals surface area contributed by atoms with Crippen molar-refractivity contribution >= 4 is 5.97 Å². The zero-order chi connectivity index (χ0) is 16.9. The second-order valence-corrected chi connectivity index (χ2v) is 5.94. The maximum atomic E-state index is 9.00. The van der Waals surface area contributed by atoms with Gasteiger partial charge in [-0.15, -0.1) is 0 Å². The Bertz CT molecular complexity index is 233. The molecule has 0 amide bonds. The molecule has 0 aliphatic rings. The highest BCUT2D eigenvalue weighted by Crippen LogP contribution is 2.12. The molecule has 0 heterocycles. The van der Waals surface area contributed by atoms with E-state index in [9.17, 15) is 0 Å². The second-order valence-electron chi connectivity index (χ2n) is 5.94. The van der Waals surface area contributed by atoms with Crippen LogP contribution in [0.4, 0.5) is 0 Å². The molecule has 0 aromatic heterocycles. The Hall–Kier alpha value is -0.990. The number of carboxylic acid groups (broad SMARTS) is 1. The fourth-order valence-electron chi connectivity index (χ4n) is 2.35. The van der Waals surface area contributed by atoms with Crippen LogP contribution in [0.25, 0.3) is 0 Å². The monoisotopic (exact) mass is 314 g/mol. The van der Waals surface area contributed by atoms with E-state index in [-0.39, 0.29) is 0 Å². The van der Waals surface area contributed by atoms with Crippen molar-refractivity contribution in [3.63, 3.8) is 0 Å². The Kier molecular flexibility index (Phi) is 23.6. The van der Waals surface area contributed by atoms with Gasteiger partial charge in [-0.2, -0.15) is 0 Å². The molecule has 132 valence electrons. The van der Waals surface area contributed by atoms with Crippen LogP contribution in [0, 0.1) is 0 Å². The lowest BCUT2D eigenvalue weighted by molar-refractivity contribution is -0.134. The molecular formula is C19H38O3. The molecule has 0 spiro atoms. The highest BCUT2D eigenvalue weighted by atomic mass is 16.4. The van der Waals surface area contributed by atoms with Crippen molar-refractivity contribution in [1.29, 1.82) is 0 Å². The summed E-state index contributed by atoms with van der Waals surface area (Å²) in [6, 6.07) is 0. The number of allylic oxidation sites excluding steroid dienone is 1. The van der Waals surface area contributed by atoms with Crippen molar-refractivity contribution in [3.8, 4) is 0 Å². The van der Waals surface area contributed by atoms with Crippen LogP contribution in [-0.2, 0) is 4.79 Å². The largest absolute Gasteiger partial charge is 0.516 e. The molecular weight excluding hydrogens is 276 g/mol. The summed E-state index contributed by atoms with van der Waals surface area (Å²) in [6.45, 7) is 3.36. The molecule has 0 rings (SSSR count). The number of hydrogen-bond donors (Lipinski definition) is 2. The molecule has 22 heavy (non-hydrogen) atoms. The molecule has 0 saturated heterocycles. The van der Waals surface area contributed by atoms with E-state index >= 15 is 0 Å². The molecule has 3 nitrogen and oxygen atoms in total. The third kappa shape index (κ3) is 31.4. The Labute approximate surface area is 137 Å². The number of carbonyl (C=O) groups is 1. The summed E-state index contributed by atoms with van der Waals surface area (Å²) < 4.78 is 0. The predicted molar refractivity (Wildman–Crippen MR) is 95.4 cm³/mol. The maximum Gasteiger partial charge on any atom is 0.300 e. The van der Waals surface area contributed by atoms with Gasteiger partial charge in [-0.1, -0.05) is 90.0 Å². The zero-order valence-corrected chi connectivity index (χ0v) is 14.9. The average molecular weight is 315 g/mol. The molecule has 0 radical (unpaired) electrons. The molecule has 3 heteroatoms. The van der Waals surface area contributed by atoms with E-state index in [2.05, 4.69) is 6.92 Å². The lowest BCUT2D eigenvalue weighted by atomic mass is 10.0. The number of aliphatic hydroxyl groups excluding tert-OH is 1. The van der Waals surface area contributed by atoms with Gasteiger partial charge in [0, 0.05) is 6.92 Å². The normalized spacial score (nSPS) is 10.5. The summed E-state index contributed by atoms with van der Waals surface area (Å²) in [4.78, 5) is 9.00. The van der Waals surface area contributed by atoms with E-state index in [1.54, 1.807) is 0 Å². The Morgan fingerprint density at radius 2 is 1.09 bits per heavy atom. The Morgan fingerprint density at radius 3 is 1.41 bits per heavy atom. The molecule has 0 aliphatic carbocycles. The molecule has 0 fully saturated rings. The van der Waals surface area contributed by atoms with Crippen LogP contribution in [0.1, 0.15) is 104 Å². The second kappa shape index (κ2) is 22.3. The van der Waals surface area contributed by atoms with Gasteiger partial charge in [0.25, 0.3) is 5.97 Å². The van der Waals surface area contributed by atoms with Crippen LogP contribution in [0.5, 0.6) is 0 Å². The van der Waals surface area contributed by atoms with Crippen molar-refractivity contribution in [2.24, 2.45) is 0 Å².